The largest absolute Gasteiger partial charge is 0.493 e. The van der Waals surface area contributed by atoms with Gasteiger partial charge in [0.2, 0.25) is 11.7 Å². The quantitative estimate of drug-likeness (QED) is 0.542. The molecule has 0 aliphatic carbocycles. The maximum absolute atomic E-state index is 12.9. The minimum absolute atomic E-state index is 0.175. The van der Waals surface area contributed by atoms with Crippen molar-refractivity contribution in [2.75, 3.05) is 26.6 Å². The number of anilines is 1. The molecule has 0 saturated heterocycles. The Kier molecular flexibility index (Phi) is 6.86. The van der Waals surface area contributed by atoms with Crippen molar-refractivity contribution in [1.82, 2.24) is 14.1 Å². The average molecular weight is 454 g/mol. The van der Waals surface area contributed by atoms with E-state index in [1.807, 2.05) is 6.92 Å². The van der Waals surface area contributed by atoms with Gasteiger partial charge in [0.1, 0.15) is 5.39 Å². The highest BCUT2D eigenvalue weighted by atomic mass is 16.5. The Hall–Kier alpha value is -4.08. The highest BCUT2D eigenvalue weighted by molar-refractivity contribution is 6.07. The number of aromatic nitrogens is 3. The van der Waals surface area contributed by atoms with Gasteiger partial charge in [-0.05, 0) is 35.8 Å². The molecule has 0 unspecified atom stereocenters. The van der Waals surface area contributed by atoms with Gasteiger partial charge < -0.3 is 19.5 Å². The van der Waals surface area contributed by atoms with Gasteiger partial charge in [-0.1, -0.05) is 6.92 Å². The molecule has 174 valence electrons. The zero-order chi connectivity index (χ0) is 24.3. The molecule has 0 aliphatic rings. The van der Waals surface area contributed by atoms with Crippen molar-refractivity contribution in [3.05, 3.63) is 56.4 Å². The van der Waals surface area contributed by atoms with Crippen LogP contribution in [0.1, 0.15) is 18.1 Å². The lowest BCUT2D eigenvalue weighted by molar-refractivity contribution is -0.111. The number of hydrogen-bond acceptors (Lipinski definition) is 7. The molecule has 0 aliphatic heterocycles. The number of carbonyl (C=O) groups excluding carboxylic acids is 1. The monoisotopic (exact) mass is 454 g/mol. The summed E-state index contributed by atoms with van der Waals surface area (Å²) in [5.74, 6) is 0.894. The van der Waals surface area contributed by atoms with E-state index in [9.17, 15) is 14.4 Å². The van der Waals surface area contributed by atoms with Crippen LogP contribution in [-0.2, 0) is 25.3 Å². The molecule has 0 spiro atoms. The smallest absolute Gasteiger partial charge is 0.332 e. The van der Waals surface area contributed by atoms with E-state index in [2.05, 4.69) is 10.3 Å². The summed E-state index contributed by atoms with van der Waals surface area (Å²) in [6.07, 6.45) is 5.00. The molecule has 0 radical (unpaired) electrons. The predicted molar refractivity (Wildman–Crippen MR) is 125 cm³/mol. The van der Waals surface area contributed by atoms with Crippen molar-refractivity contribution < 1.29 is 19.0 Å². The molecule has 2 aromatic heterocycles. The van der Waals surface area contributed by atoms with E-state index in [-0.39, 0.29) is 11.0 Å². The summed E-state index contributed by atoms with van der Waals surface area (Å²) in [5, 5.41) is 2.96. The number of amides is 1. The second kappa shape index (κ2) is 9.60. The highest BCUT2D eigenvalue weighted by Crippen LogP contribution is 2.38. The molecule has 3 rings (SSSR count). The van der Waals surface area contributed by atoms with E-state index in [0.29, 0.717) is 40.5 Å². The molecule has 2 heterocycles. The number of aryl methyl sites for hydroxylation is 2. The Morgan fingerprint density at radius 2 is 1.70 bits per heavy atom. The van der Waals surface area contributed by atoms with Gasteiger partial charge in [0.15, 0.2) is 17.1 Å². The molecule has 1 amide bonds. The van der Waals surface area contributed by atoms with Crippen molar-refractivity contribution in [2.24, 2.45) is 14.1 Å². The van der Waals surface area contributed by atoms with Gasteiger partial charge in [0, 0.05) is 26.4 Å². The SMILES string of the molecule is CCc1cnc2c(c1NC(=O)/C=C\c1cc(OC)c(OC)c(OC)c1)c(=O)n(C)c(=O)n2C. The zero-order valence-corrected chi connectivity index (χ0v) is 19.4. The standard InChI is InChI=1S/C23H26N4O6/c1-7-14-12-24-21-18(22(29)27(3)23(30)26(21)2)19(14)25-17(28)9-8-13-10-15(31-4)20(33-6)16(11-13)32-5/h8-12H,7H2,1-6H3,(H,24,25,28)/b9-8-. The molecular formula is C23H26N4O6. The van der Waals surface area contributed by atoms with Crippen molar-refractivity contribution in [2.45, 2.75) is 13.3 Å². The number of hydrogen-bond donors (Lipinski definition) is 1. The number of nitrogens with one attached hydrogen (secondary N) is 1. The topological polar surface area (TPSA) is 114 Å². The minimum atomic E-state index is -0.528. The Morgan fingerprint density at radius 3 is 2.24 bits per heavy atom. The molecule has 0 atom stereocenters. The maximum Gasteiger partial charge on any atom is 0.332 e. The van der Waals surface area contributed by atoms with Crippen LogP contribution in [-0.4, -0.2) is 41.4 Å². The van der Waals surface area contributed by atoms with Crippen LogP contribution < -0.4 is 30.8 Å². The van der Waals surface area contributed by atoms with E-state index < -0.39 is 17.2 Å². The first kappa shape index (κ1) is 23.6. The molecular weight excluding hydrogens is 428 g/mol. The number of fused-ring (bicyclic) bond motifs is 1. The van der Waals surface area contributed by atoms with Crippen molar-refractivity contribution in [1.29, 1.82) is 0 Å². The summed E-state index contributed by atoms with van der Waals surface area (Å²) in [6.45, 7) is 1.89. The summed E-state index contributed by atoms with van der Waals surface area (Å²) >= 11 is 0. The third kappa shape index (κ3) is 4.32. The summed E-state index contributed by atoms with van der Waals surface area (Å²) in [5.41, 5.74) is 0.826. The number of ether oxygens (including phenoxy) is 3. The van der Waals surface area contributed by atoms with Gasteiger partial charge in [-0.2, -0.15) is 0 Å². The molecule has 33 heavy (non-hydrogen) atoms. The third-order valence-corrected chi connectivity index (χ3v) is 5.29. The van der Waals surface area contributed by atoms with Gasteiger partial charge >= 0.3 is 5.69 Å². The van der Waals surface area contributed by atoms with Crippen molar-refractivity contribution in [3.8, 4) is 17.2 Å². The Balaban J connectivity index is 2.03. The predicted octanol–water partition coefficient (Wildman–Crippen LogP) is 1.87. The fourth-order valence-corrected chi connectivity index (χ4v) is 3.51. The zero-order valence-electron chi connectivity index (χ0n) is 19.4. The minimum Gasteiger partial charge on any atom is -0.493 e. The summed E-state index contributed by atoms with van der Waals surface area (Å²) in [4.78, 5) is 42.2. The molecule has 3 aromatic rings. The number of nitrogens with zero attached hydrogens (tertiary/aromatic N) is 3. The van der Waals surface area contributed by atoms with E-state index in [0.717, 1.165) is 4.57 Å². The molecule has 1 N–H and O–H groups in total. The first-order chi connectivity index (χ1) is 15.8. The van der Waals surface area contributed by atoms with Crippen LogP contribution >= 0.6 is 0 Å². The summed E-state index contributed by atoms with van der Waals surface area (Å²) in [7, 11) is 7.43. The van der Waals surface area contributed by atoms with Gasteiger partial charge in [-0.25, -0.2) is 9.78 Å². The van der Waals surface area contributed by atoms with Crippen molar-refractivity contribution in [3.63, 3.8) is 0 Å². The van der Waals surface area contributed by atoms with Crippen LogP contribution in [0.3, 0.4) is 0 Å². The van der Waals surface area contributed by atoms with Gasteiger partial charge in [0.05, 0.1) is 27.0 Å². The number of rotatable bonds is 7. The number of carbonyl (C=O) groups is 1. The second-order valence-corrected chi connectivity index (χ2v) is 7.20. The average Bonchev–Trinajstić information content (AvgIpc) is 2.83. The van der Waals surface area contributed by atoms with Gasteiger partial charge in [-0.15, -0.1) is 0 Å². The summed E-state index contributed by atoms with van der Waals surface area (Å²) in [6, 6.07) is 3.41. The Labute approximate surface area is 190 Å². The molecule has 10 heteroatoms. The lowest BCUT2D eigenvalue weighted by Gasteiger charge is -2.14. The maximum atomic E-state index is 12.9. The number of methoxy groups -OCH3 is 3. The van der Waals surface area contributed by atoms with Gasteiger partial charge in [-0.3, -0.25) is 18.7 Å². The molecule has 0 fully saturated rings. The normalized spacial score (nSPS) is 11.1. The first-order valence-corrected chi connectivity index (χ1v) is 10.1. The fourth-order valence-electron chi connectivity index (χ4n) is 3.51. The molecule has 10 nitrogen and oxygen atoms in total. The van der Waals surface area contributed by atoms with E-state index >= 15 is 0 Å². The van der Waals surface area contributed by atoms with Crippen molar-refractivity contribution >= 4 is 28.7 Å². The number of pyridine rings is 1. The third-order valence-electron chi connectivity index (χ3n) is 5.29. The lowest BCUT2D eigenvalue weighted by atomic mass is 10.1. The second-order valence-electron chi connectivity index (χ2n) is 7.20. The van der Waals surface area contributed by atoms with E-state index in [1.165, 1.54) is 46.1 Å². The lowest BCUT2D eigenvalue weighted by Crippen LogP contribution is -2.37. The van der Waals surface area contributed by atoms with E-state index in [1.54, 1.807) is 24.4 Å². The van der Waals surface area contributed by atoms with Crippen LogP contribution in [0.4, 0.5) is 5.69 Å². The number of benzene rings is 1. The Bertz CT molecular complexity index is 1350. The van der Waals surface area contributed by atoms with Gasteiger partial charge in [0.25, 0.3) is 5.56 Å². The molecule has 0 saturated carbocycles. The van der Waals surface area contributed by atoms with E-state index in [4.69, 9.17) is 14.2 Å². The van der Waals surface area contributed by atoms with Crippen LogP contribution in [0.5, 0.6) is 17.2 Å². The summed E-state index contributed by atoms with van der Waals surface area (Å²) < 4.78 is 18.2. The Morgan fingerprint density at radius 1 is 1.06 bits per heavy atom. The van der Waals surface area contributed by atoms with Crippen LogP contribution in [0.15, 0.2) is 34.0 Å². The van der Waals surface area contributed by atoms with Crippen LogP contribution in [0, 0.1) is 0 Å². The fraction of sp³-hybridized carbons (Fsp3) is 0.304. The molecule has 1 aromatic carbocycles. The first-order valence-electron chi connectivity index (χ1n) is 10.1. The highest BCUT2D eigenvalue weighted by Gasteiger charge is 2.18. The molecule has 0 bridgehead atoms. The van der Waals surface area contributed by atoms with Crippen LogP contribution in [0.25, 0.3) is 17.1 Å². The van der Waals surface area contributed by atoms with Crippen LogP contribution in [0.2, 0.25) is 0 Å².